The van der Waals surface area contributed by atoms with Gasteiger partial charge in [0.05, 0.1) is 22.1 Å². The number of nitrogens with one attached hydrogen (secondary N) is 1. The molecular weight excluding hydrogens is 423 g/mol. The van der Waals surface area contributed by atoms with E-state index >= 15 is 0 Å². The zero-order valence-corrected chi connectivity index (χ0v) is 17.8. The van der Waals surface area contributed by atoms with Gasteiger partial charge >= 0.3 is 5.97 Å². The van der Waals surface area contributed by atoms with Gasteiger partial charge in [0.15, 0.2) is 4.34 Å². The first-order valence-corrected chi connectivity index (χ1v) is 11.6. The average Bonchev–Trinajstić information content (AvgIpc) is 3.14. The maximum Gasteiger partial charge on any atom is 0.307 e. The summed E-state index contributed by atoms with van der Waals surface area (Å²) in [6.45, 7) is 0. The van der Waals surface area contributed by atoms with Gasteiger partial charge in [0.2, 0.25) is 5.91 Å². The SMILES string of the molecule is O=C(O)[C@@H]1CCCC[C@H]1C(=O)Nc1ccc2nc(SCc3cccc(F)c3)sc2c1. The third-order valence-electron chi connectivity index (χ3n) is 5.31. The van der Waals surface area contributed by atoms with E-state index in [4.69, 9.17) is 0 Å². The summed E-state index contributed by atoms with van der Waals surface area (Å²) < 4.78 is 15.1. The third-order valence-corrected chi connectivity index (χ3v) is 7.54. The standard InChI is InChI=1S/C22H21FN2O3S2/c23-14-5-3-4-13(10-14)12-29-22-25-18-9-8-15(11-19(18)30-22)24-20(26)16-6-1-2-7-17(16)21(27)28/h3-5,8-11,16-17H,1-2,6-7,12H2,(H,24,26)(H,27,28)/t16-,17-/m1/s1. The number of carboxylic acid groups (broad SMARTS) is 1. The van der Waals surface area contributed by atoms with Crippen LogP contribution in [0.3, 0.4) is 0 Å². The molecule has 0 saturated heterocycles. The molecule has 2 atom stereocenters. The molecule has 0 unspecified atom stereocenters. The first kappa shape index (κ1) is 20.8. The zero-order chi connectivity index (χ0) is 21.1. The highest BCUT2D eigenvalue weighted by atomic mass is 32.2. The van der Waals surface area contributed by atoms with Crippen LogP contribution in [0, 0.1) is 17.7 Å². The van der Waals surface area contributed by atoms with Gasteiger partial charge in [0, 0.05) is 11.4 Å². The Bertz CT molecular complexity index is 1090. The fourth-order valence-corrected chi connectivity index (χ4v) is 5.84. The molecule has 2 aromatic carbocycles. The molecule has 0 aliphatic heterocycles. The van der Waals surface area contributed by atoms with E-state index < -0.39 is 17.8 Å². The van der Waals surface area contributed by atoms with Gasteiger partial charge in [-0.1, -0.05) is 36.7 Å². The average molecular weight is 445 g/mol. The van der Waals surface area contributed by atoms with Crippen molar-refractivity contribution in [2.75, 3.05) is 5.32 Å². The van der Waals surface area contributed by atoms with Crippen LogP contribution >= 0.6 is 23.1 Å². The smallest absolute Gasteiger partial charge is 0.307 e. The summed E-state index contributed by atoms with van der Waals surface area (Å²) in [4.78, 5) is 28.8. The van der Waals surface area contributed by atoms with E-state index in [1.807, 2.05) is 18.2 Å². The molecule has 5 nitrogen and oxygen atoms in total. The lowest BCUT2D eigenvalue weighted by atomic mass is 9.78. The fraction of sp³-hybridized carbons (Fsp3) is 0.318. The first-order valence-electron chi connectivity index (χ1n) is 9.81. The van der Waals surface area contributed by atoms with Crippen molar-refractivity contribution < 1.29 is 19.1 Å². The predicted octanol–water partition coefficient (Wildman–Crippen LogP) is 5.56. The van der Waals surface area contributed by atoms with Gasteiger partial charge < -0.3 is 10.4 Å². The lowest BCUT2D eigenvalue weighted by Gasteiger charge is -2.27. The number of hydrogen-bond acceptors (Lipinski definition) is 5. The quantitative estimate of drug-likeness (QED) is 0.487. The monoisotopic (exact) mass is 444 g/mol. The number of anilines is 1. The number of fused-ring (bicyclic) bond motifs is 1. The minimum Gasteiger partial charge on any atom is -0.481 e. The summed E-state index contributed by atoms with van der Waals surface area (Å²) in [7, 11) is 0. The van der Waals surface area contributed by atoms with Crippen LogP contribution < -0.4 is 5.32 Å². The number of benzene rings is 2. The molecule has 0 spiro atoms. The molecule has 1 amide bonds. The normalized spacial score (nSPS) is 19.0. The first-order chi connectivity index (χ1) is 14.5. The molecule has 156 valence electrons. The number of thioether (sulfide) groups is 1. The van der Waals surface area contributed by atoms with Crippen LogP contribution in [0.15, 0.2) is 46.8 Å². The summed E-state index contributed by atoms with van der Waals surface area (Å²) in [5.41, 5.74) is 2.38. The van der Waals surface area contributed by atoms with Crippen molar-refractivity contribution in [1.29, 1.82) is 0 Å². The number of rotatable bonds is 6. The van der Waals surface area contributed by atoms with Crippen molar-refractivity contribution in [3.63, 3.8) is 0 Å². The highest BCUT2D eigenvalue weighted by molar-refractivity contribution is 8.00. The van der Waals surface area contributed by atoms with Crippen molar-refractivity contribution in [3.05, 3.63) is 53.8 Å². The van der Waals surface area contributed by atoms with Gasteiger partial charge in [-0.2, -0.15) is 0 Å². The Labute approximate surface area is 181 Å². The van der Waals surface area contributed by atoms with Crippen LogP contribution in [0.5, 0.6) is 0 Å². The van der Waals surface area contributed by atoms with Crippen molar-refractivity contribution in [2.24, 2.45) is 11.8 Å². The fourth-order valence-electron chi connectivity index (χ4n) is 3.79. The van der Waals surface area contributed by atoms with Crippen molar-refractivity contribution >= 4 is 50.9 Å². The van der Waals surface area contributed by atoms with E-state index in [2.05, 4.69) is 10.3 Å². The molecule has 1 fully saturated rings. The predicted molar refractivity (Wildman–Crippen MR) is 117 cm³/mol. The number of aliphatic carboxylic acids is 1. The minimum absolute atomic E-state index is 0.230. The molecular formula is C22H21FN2O3S2. The molecule has 4 rings (SSSR count). The number of hydrogen-bond donors (Lipinski definition) is 2. The molecule has 1 heterocycles. The van der Waals surface area contributed by atoms with E-state index in [9.17, 15) is 19.1 Å². The molecule has 3 aromatic rings. The van der Waals surface area contributed by atoms with Gasteiger partial charge in [0.1, 0.15) is 5.82 Å². The number of nitrogens with zero attached hydrogens (tertiary/aromatic N) is 1. The van der Waals surface area contributed by atoms with Crippen LogP contribution in [0.2, 0.25) is 0 Å². The lowest BCUT2D eigenvalue weighted by molar-refractivity contribution is -0.147. The summed E-state index contributed by atoms with van der Waals surface area (Å²) in [5.74, 6) is -1.86. The maximum absolute atomic E-state index is 13.3. The van der Waals surface area contributed by atoms with Crippen LogP contribution in [-0.2, 0) is 15.3 Å². The summed E-state index contributed by atoms with van der Waals surface area (Å²) >= 11 is 3.06. The number of amides is 1. The number of carbonyl (C=O) groups is 2. The van der Waals surface area contributed by atoms with E-state index in [1.165, 1.54) is 23.5 Å². The molecule has 8 heteroatoms. The van der Waals surface area contributed by atoms with E-state index in [-0.39, 0.29) is 11.7 Å². The van der Waals surface area contributed by atoms with Crippen LogP contribution in [0.1, 0.15) is 31.2 Å². The number of thiazole rings is 1. The van der Waals surface area contributed by atoms with Crippen LogP contribution in [0.25, 0.3) is 10.2 Å². The Morgan fingerprint density at radius 2 is 1.97 bits per heavy atom. The highest BCUT2D eigenvalue weighted by Gasteiger charge is 2.35. The van der Waals surface area contributed by atoms with Crippen LogP contribution in [0.4, 0.5) is 10.1 Å². The van der Waals surface area contributed by atoms with E-state index in [0.717, 1.165) is 33.0 Å². The maximum atomic E-state index is 13.3. The molecule has 0 bridgehead atoms. The molecule has 2 N–H and O–H groups in total. The Balaban J connectivity index is 1.44. The minimum atomic E-state index is -0.896. The van der Waals surface area contributed by atoms with Gasteiger partial charge in [0.25, 0.3) is 0 Å². The van der Waals surface area contributed by atoms with Crippen molar-refractivity contribution in [1.82, 2.24) is 4.98 Å². The molecule has 1 saturated carbocycles. The topological polar surface area (TPSA) is 79.3 Å². The molecule has 1 aromatic heterocycles. The lowest BCUT2D eigenvalue weighted by Crippen LogP contribution is -2.36. The highest BCUT2D eigenvalue weighted by Crippen LogP contribution is 2.34. The number of halogens is 1. The van der Waals surface area contributed by atoms with Crippen molar-refractivity contribution in [2.45, 2.75) is 35.8 Å². The molecule has 1 aliphatic rings. The van der Waals surface area contributed by atoms with E-state index in [0.29, 0.717) is 24.3 Å². The second-order valence-corrected chi connectivity index (χ2v) is 9.66. The van der Waals surface area contributed by atoms with Gasteiger partial charge in [-0.3, -0.25) is 9.59 Å². The number of aromatic nitrogens is 1. The second-order valence-electron chi connectivity index (χ2n) is 7.41. The zero-order valence-electron chi connectivity index (χ0n) is 16.1. The Kier molecular flexibility index (Phi) is 6.34. The largest absolute Gasteiger partial charge is 0.481 e. The molecule has 30 heavy (non-hydrogen) atoms. The molecule has 0 radical (unpaired) electrons. The van der Waals surface area contributed by atoms with E-state index in [1.54, 1.807) is 23.9 Å². The third kappa shape index (κ3) is 4.82. The van der Waals surface area contributed by atoms with Gasteiger partial charge in [-0.25, -0.2) is 9.37 Å². The van der Waals surface area contributed by atoms with Gasteiger partial charge in [-0.15, -0.1) is 11.3 Å². The number of carboxylic acids is 1. The number of carbonyl (C=O) groups excluding carboxylic acids is 1. The Morgan fingerprint density at radius 3 is 2.73 bits per heavy atom. The van der Waals surface area contributed by atoms with Crippen LogP contribution in [-0.4, -0.2) is 22.0 Å². The van der Waals surface area contributed by atoms with Crippen molar-refractivity contribution in [3.8, 4) is 0 Å². The summed E-state index contributed by atoms with van der Waals surface area (Å²) in [5, 5.41) is 12.3. The summed E-state index contributed by atoms with van der Waals surface area (Å²) in [6, 6.07) is 12.0. The Morgan fingerprint density at radius 1 is 1.17 bits per heavy atom. The molecule has 1 aliphatic carbocycles. The second kappa shape index (κ2) is 9.14. The van der Waals surface area contributed by atoms with Gasteiger partial charge in [-0.05, 0) is 48.7 Å². The summed E-state index contributed by atoms with van der Waals surface area (Å²) in [6.07, 6.45) is 2.88. The Hall–Kier alpha value is -2.45.